The summed E-state index contributed by atoms with van der Waals surface area (Å²) in [6, 6.07) is 12.4. The Bertz CT molecular complexity index is 1040. The fraction of sp³-hybridized carbons (Fsp3) is 0.200. The van der Waals surface area contributed by atoms with Crippen molar-refractivity contribution in [2.24, 2.45) is 11.0 Å². The van der Waals surface area contributed by atoms with Gasteiger partial charge in [0.1, 0.15) is 0 Å². The van der Waals surface area contributed by atoms with Crippen LogP contribution in [0.5, 0.6) is 5.75 Å². The highest BCUT2D eigenvalue weighted by Gasteiger charge is 2.10. The van der Waals surface area contributed by atoms with E-state index in [9.17, 15) is 4.79 Å². The number of aromatic nitrogens is 3. The number of hydrazone groups is 1. The summed E-state index contributed by atoms with van der Waals surface area (Å²) in [5.74, 6) is 0.906. The molecule has 3 aromatic rings. The number of nitrogens with one attached hydrogen (secondary N) is 2. The number of benzene rings is 2. The summed E-state index contributed by atoms with van der Waals surface area (Å²) in [6.07, 6.45) is 1.50. The first-order valence-corrected chi connectivity index (χ1v) is 9.63. The Morgan fingerprint density at radius 3 is 2.48 bits per heavy atom. The fourth-order valence-corrected chi connectivity index (χ4v) is 3.00. The van der Waals surface area contributed by atoms with Crippen LogP contribution in [0.4, 0.5) is 5.95 Å². The van der Waals surface area contributed by atoms with Crippen LogP contribution in [0, 0.1) is 5.92 Å². The number of hydrogen-bond donors (Lipinski definition) is 2. The SMILES string of the molecule is CC(C)COc1c(Cl)cc(/C=N/Nc2nnc(-c3ccccc3)c(=O)[nH]2)cc1Cl. The maximum atomic E-state index is 12.2. The first kappa shape index (κ1) is 20.8. The summed E-state index contributed by atoms with van der Waals surface area (Å²) in [6.45, 7) is 4.58. The molecule has 0 aliphatic heterocycles. The second kappa shape index (κ2) is 9.54. The lowest BCUT2D eigenvalue weighted by atomic mass is 10.2. The van der Waals surface area contributed by atoms with Crippen LogP contribution in [0.3, 0.4) is 0 Å². The van der Waals surface area contributed by atoms with Crippen LogP contribution in [0.25, 0.3) is 11.3 Å². The lowest BCUT2D eigenvalue weighted by Gasteiger charge is -2.12. The number of H-pyrrole nitrogens is 1. The predicted octanol–water partition coefficient (Wildman–Crippen LogP) is 4.62. The van der Waals surface area contributed by atoms with E-state index in [1.165, 1.54) is 6.21 Å². The Labute approximate surface area is 177 Å². The molecular weight excluding hydrogens is 413 g/mol. The van der Waals surface area contributed by atoms with E-state index in [-0.39, 0.29) is 17.2 Å². The number of hydrogen-bond acceptors (Lipinski definition) is 6. The number of ether oxygens (including phenoxy) is 1. The number of aromatic amines is 1. The van der Waals surface area contributed by atoms with Gasteiger partial charge in [-0.2, -0.15) is 5.10 Å². The van der Waals surface area contributed by atoms with Gasteiger partial charge in [0.25, 0.3) is 5.56 Å². The molecule has 0 saturated heterocycles. The third-order valence-electron chi connectivity index (χ3n) is 3.71. The Morgan fingerprint density at radius 2 is 1.86 bits per heavy atom. The zero-order chi connectivity index (χ0) is 20.8. The molecule has 0 atom stereocenters. The molecule has 0 aliphatic rings. The van der Waals surface area contributed by atoms with Gasteiger partial charge in [-0.05, 0) is 23.6 Å². The lowest BCUT2D eigenvalue weighted by molar-refractivity contribution is 0.271. The zero-order valence-corrected chi connectivity index (χ0v) is 17.3. The van der Waals surface area contributed by atoms with Gasteiger partial charge in [0.2, 0.25) is 5.95 Å². The van der Waals surface area contributed by atoms with Gasteiger partial charge in [0.05, 0.1) is 22.9 Å². The van der Waals surface area contributed by atoms with E-state index in [2.05, 4.69) is 25.7 Å². The summed E-state index contributed by atoms with van der Waals surface area (Å²) < 4.78 is 5.64. The van der Waals surface area contributed by atoms with Gasteiger partial charge in [-0.25, -0.2) is 5.43 Å². The van der Waals surface area contributed by atoms with Gasteiger partial charge in [-0.3, -0.25) is 9.78 Å². The molecule has 0 spiro atoms. The maximum Gasteiger partial charge on any atom is 0.279 e. The molecule has 0 unspecified atom stereocenters. The molecule has 150 valence electrons. The van der Waals surface area contributed by atoms with E-state index >= 15 is 0 Å². The van der Waals surface area contributed by atoms with Crippen molar-refractivity contribution in [1.29, 1.82) is 0 Å². The highest BCUT2D eigenvalue weighted by atomic mass is 35.5. The average molecular weight is 432 g/mol. The Kier molecular flexibility index (Phi) is 6.85. The van der Waals surface area contributed by atoms with Gasteiger partial charge in [0.15, 0.2) is 11.4 Å². The molecule has 0 radical (unpaired) electrons. The first-order chi connectivity index (χ1) is 13.9. The van der Waals surface area contributed by atoms with Gasteiger partial charge in [-0.15, -0.1) is 10.2 Å². The predicted molar refractivity (Wildman–Crippen MR) is 116 cm³/mol. The van der Waals surface area contributed by atoms with Crippen LogP contribution in [-0.4, -0.2) is 28.0 Å². The van der Waals surface area contributed by atoms with E-state index in [0.717, 1.165) is 0 Å². The molecule has 0 saturated carbocycles. The molecular formula is C20H19Cl2N5O2. The number of rotatable bonds is 7. The molecule has 29 heavy (non-hydrogen) atoms. The van der Waals surface area contributed by atoms with Crippen LogP contribution in [0.2, 0.25) is 10.0 Å². The minimum atomic E-state index is -0.373. The standard InChI is InChI=1S/C20H19Cl2N5O2/c1-12(2)11-29-18-15(21)8-13(9-16(18)22)10-23-26-20-24-19(28)17(25-27-20)14-6-4-3-5-7-14/h3-10,12H,11H2,1-2H3,(H2,24,26,27,28)/b23-10+. The van der Waals surface area contributed by atoms with E-state index < -0.39 is 0 Å². The van der Waals surface area contributed by atoms with E-state index in [4.69, 9.17) is 27.9 Å². The Morgan fingerprint density at radius 1 is 1.17 bits per heavy atom. The third-order valence-corrected chi connectivity index (χ3v) is 4.27. The molecule has 9 heteroatoms. The van der Waals surface area contributed by atoms with Crippen molar-refractivity contribution in [1.82, 2.24) is 15.2 Å². The molecule has 0 bridgehead atoms. The van der Waals surface area contributed by atoms with E-state index in [1.807, 2.05) is 32.0 Å². The van der Waals surface area contributed by atoms with E-state index in [1.54, 1.807) is 24.3 Å². The van der Waals surface area contributed by atoms with Crippen LogP contribution in [0.15, 0.2) is 52.4 Å². The van der Waals surface area contributed by atoms with Crippen molar-refractivity contribution in [2.45, 2.75) is 13.8 Å². The largest absolute Gasteiger partial charge is 0.490 e. The van der Waals surface area contributed by atoms with Crippen molar-refractivity contribution in [3.05, 3.63) is 68.4 Å². The molecule has 7 nitrogen and oxygen atoms in total. The number of nitrogens with zero attached hydrogens (tertiary/aromatic N) is 3. The van der Waals surface area contributed by atoms with Crippen LogP contribution in [0.1, 0.15) is 19.4 Å². The van der Waals surface area contributed by atoms with Crippen LogP contribution in [-0.2, 0) is 0 Å². The van der Waals surface area contributed by atoms with Crippen molar-refractivity contribution >= 4 is 35.4 Å². The summed E-state index contributed by atoms with van der Waals surface area (Å²) in [5, 5.41) is 12.7. The Hall–Kier alpha value is -2.90. The molecule has 3 rings (SSSR count). The molecule has 0 fully saturated rings. The van der Waals surface area contributed by atoms with Crippen LogP contribution >= 0.6 is 23.2 Å². The molecule has 0 amide bonds. The monoisotopic (exact) mass is 431 g/mol. The lowest BCUT2D eigenvalue weighted by Crippen LogP contribution is -2.15. The topological polar surface area (TPSA) is 92.3 Å². The first-order valence-electron chi connectivity index (χ1n) is 8.87. The average Bonchev–Trinajstić information content (AvgIpc) is 2.68. The second-order valence-corrected chi connectivity index (χ2v) is 7.42. The van der Waals surface area contributed by atoms with Gasteiger partial charge >= 0.3 is 0 Å². The van der Waals surface area contributed by atoms with Gasteiger partial charge < -0.3 is 4.74 Å². The van der Waals surface area contributed by atoms with Gasteiger partial charge in [-0.1, -0.05) is 67.4 Å². The highest BCUT2D eigenvalue weighted by molar-refractivity contribution is 6.37. The van der Waals surface area contributed by atoms with Gasteiger partial charge in [0, 0.05) is 5.56 Å². The molecule has 1 aromatic heterocycles. The van der Waals surface area contributed by atoms with Crippen molar-refractivity contribution in [3.8, 4) is 17.0 Å². The molecule has 2 N–H and O–H groups in total. The minimum Gasteiger partial charge on any atom is -0.490 e. The minimum absolute atomic E-state index is 0.111. The summed E-state index contributed by atoms with van der Waals surface area (Å²) >= 11 is 12.5. The summed E-state index contributed by atoms with van der Waals surface area (Å²) in [7, 11) is 0. The summed E-state index contributed by atoms with van der Waals surface area (Å²) in [5.41, 5.74) is 3.82. The quantitative estimate of drug-likeness (QED) is 0.420. The van der Waals surface area contributed by atoms with Crippen molar-refractivity contribution < 1.29 is 4.74 Å². The van der Waals surface area contributed by atoms with Crippen molar-refractivity contribution in [2.75, 3.05) is 12.0 Å². The zero-order valence-electron chi connectivity index (χ0n) is 15.8. The molecule has 1 heterocycles. The normalized spacial score (nSPS) is 11.2. The van der Waals surface area contributed by atoms with E-state index in [0.29, 0.717) is 39.4 Å². The van der Waals surface area contributed by atoms with Crippen molar-refractivity contribution in [3.63, 3.8) is 0 Å². The Balaban J connectivity index is 1.70. The van der Waals surface area contributed by atoms with Crippen LogP contribution < -0.4 is 15.7 Å². The smallest absolute Gasteiger partial charge is 0.279 e. The summed E-state index contributed by atoms with van der Waals surface area (Å²) in [4.78, 5) is 14.8. The molecule has 2 aromatic carbocycles. The molecule has 0 aliphatic carbocycles. The number of halogens is 2. The number of anilines is 1. The third kappa shape index (κ3) is 5.56. The maximum absolute atomic E-state index is 12.2. The highest BCUT2D eigenvalue weighted by Crippen LogP contribution is 2.34. The second-order valence-electron chi connectivity index (χ2n) is 6.61. The fourth-order valence-electron chi connectivity index (χ4n) is 2.38.